The predicted octanol–water partition coefficient (Wildman–Crippen LogP) is 2.17. The van der Waals surface area contributed by atoms with Crippen LogP contribution in [0.15, 0.2) is 30.9 Å². The van der Waals surface area contributed by atoms with Crippen LogP contribution in [0.3, 0.4) is 0 Å². The van der Waals surface area contributed by atoms with Crippen molar-refractivity contribution in [1.82, 2.24) is 29.3 Å². The summed E-state index contributed by atoms with van der Waals surface area (Å²) in [5.41, 5.74) is 4.52. The number of aromatic nitrogens is 6. The van der Waals surface area contributed by atoms with Gasteiger partial charge in [0, 0.05) is 17.3 Å². The maximum atomic E-state index is 9.02. The number of aryl methyl sites for hydroxylation is 1. The van der Waals surface area contributed by atoms with Crippen LogP contribution in [-0.2, 0) is 13.0 Å². The summed E-state index contributed by atoms with van der Waals surface area (Å²) >= 11 is 0. The van der Waals surface area contributed by atoms with E-state index < -0.39 is 0 Å². The monoisotopic (exact) mass is 303 g/mol. The summed E-state index contributed by atoms with van der Waals surface area (Å²) in [4.78, 5) is 12.1. The molecule has 0 aromatic carbocycles. The number of nitriles is 1. The Morgan fingerprint density at radius 2 is 2.30 bits per heavy atom. The van der Waals surface area contributed by atoms with Gasteiger partial charge in [0.05, 0.1) is 30.6 Å². The van der Waals surface area contributed by atoms with Crippen molar-refractivity contribution in [3.8, 4) is 6.07 Å². The summed E-state index contributed by atoms with van der Waals surface area (Å²) in [5.74, 6) is 0. The number of hydrogen-bond donors (Lipinski definition) is 1. The minimum Gasteiger partial charge on any atom is -0.346 e. The summed E-state index contributed by atoms with van der Waals surface area (Å²) in [6.45, 7) is 0.761. The highest BCUT2D eigenvalue weighted by molar-refractivity contribution is 6.00. The Balaban J connectivity index is 1.64. The van der Waals surface area contributed by atoms with Crippen molar-refractivity contribution >= 4 is 22.1 Å². The smallest absolute Gasteiger partial charge is 0.162 e. The Labute approximate surface area is 131 Å². The van der Waals surface area contributed by atoms with Crippen molar-refractivity contribution in [3.63, 3.8) is 0 Å². The van der Waals surface area contributed by atoms with Crippen molar-refractivity contribution in [3.05, 3.63) is 42.2 Å². The Kier molecular flexibility index (Phi) is 2.39. The Morgan fingerprint density at radius 3 is 3.22 bits per heavy atom. The zero-order chi connectivity index (χ0) is 15.4. The number of rotatable bonds is 1. The molecule has 4 aromatic rings. The Morgan fingerprint density at radius 1 is 1.35 bits per heavy atom. The molecule has 0 unspecified atom stereocenters. The summed E-state index contributed by atoms with van der Waals surface area (Å²) < 4.78 is 4.18. The fourth-order valence-electron chi connectivity index (χ4n) is 3.51. The quantitative estimate of drug-likeness (QED) is 0.583. The van der Waals surface area contributed by atoms with E-state index in [1.807, 2.05) is 29.3 Å². The lowest BCUT2D eigenvalue weighted by Crippen LogP contribution is -2.23. The van der Waals surface area contributed by atoms with E-state index in [1.165, 1.54) is 0 Å². The Hall–Kier alpha value is -3.14. The van der Waals surface area contributed by atoms with Crippen molar-refractivity contribution in [2.75, 3.05) is 0 Å². The number of H-pyrrole nitrogens is 1. The fourth-order valence-corrected chi connectivity index (χ4v) is 3.51. The van der Waals surface area contributed by atoms with Gasteiger partial charge in [0.2, 0.25) is 0 Å². The highest BCUT2D eigenvalue weighted by Crippen LogP contribution is 2.30. The third-order valence-corrected chi connectivity index (χ3v) is 4.61. The third-order valence-electron chi connectivity index (χ3n) is 4.61. The predicted molar refractivity (Wildman–Crippen MR) is 83.7 cm³/mol. The number of nitrogens with zero attached hydrogens (tertiary/aromatic N) is 6. The van der Waals surface area contributed by atoms with Crippen LogP contribution in [0.25, 0.3) is 22.1 Å². The van der Waals surface area contributed by atoms with E-state index in [4.69, 9.17) is 5.26 Å². The van der Waals surface area contributed by atoms with Crippen LogP contribution in [0.5, 0.6) is 0 Å². The van der Waals surface area contributed by atoms with Gasteiger partial charge in [-0.15, -0.1) is 0 Å². The molecular weight excluding hydrogens is 290 g/mol. The van der Waals surface area contributed by atoms with E-state index in [0.29, 0.717) is 5.69 Å². The van der Waals surface area contributed by atoms with Crippen molar-refractivity contribution in [2.45, 2.75) is 25.4 Å². The Bertz CT molecular complexity index is 1080. The van der Waals surface area contributed by atoms with Gasteiger partial charge in [0.25, 0.3) is 0 Å². The standard InChI is InChI=1S/C16H13N7/c17-6-10-5-11-1-2-12(8-23(11)21-10)22-9-20-14-7-19-16-13(15(14)22)3-4-18-16/h3-5,7,9,12H,1-2,8H2,(H,18,19)/t12-/m0/s1. The molecule has 7 heteroatoms. The van der Waals surface area contributed by atoms with Gasteiger partial charge in [-0.25, -0.2) is 9.97 Å². The number of aromatic amines is 1. The van der Waals surface area contributed by atoms with Gasteiger partial charge in [-0.05, 0) is 25.0 Å². The van der Waals surface area contributed by atoms with Gasteiger partial charge in [0.1, 0.15) is 17.2 Å². The molecule has 23 heavy (non-hydrogen) atoms. The van der Waals surface area contributed by atoms with Gasteiger partial charge in [-0.2, -0.15) is 10.4 Å². The van der Waals surface area contributed by atoms with E-state index in [1.54, 1.807) is 6.20 Å². The molecule has 4 aromatic heterocycles. The van der Waals surface area contributed by atoms with E-state index in [-0.39, 0.29) is 6.04 Å². The SMILES string of the molecule is N#Cc1cc2n(n1)C[C@@H](n1cnc3cnc4[nH]ccc4c31)CC2. The molecule has 1 atom stereocenters. The highest BCUT2D eigenvalue weighted by atomic mass is 15.3. The van der Waals surface area contributed by atoms with Crippen LogP contribution in [0.2, 0.25) is 0 Å². The molecule has 5 heterocycles. The molecule has 0 saturated heterocycles. The van der Waals surface area contributed by atoms with Crippen LogP contribution >= 0.6 is 0 Å². The first-order chi connectivity index (χ1) is 11.3. The molecule has 1 aliphatic rings. The van der Waals surface area contributed by atoms with Gasteiger partial charge in [-0.1, -0.05) is 0 Å². The number of imidazole rings is 1. The lowest BCUT2D eigenvalue weighted by Gasteiger charge is -2.25. The third kappa shape index (κ3) is 1.72. The zero-order valence-electron chi connectivity index (χ0n) is 12.3. The van der Waals surface area contributed by atoms with E-state index >= 15 is 0 Å². The van der Waals surface area contributed by atoms with Gasteiger partial charge in [0.15, 0.2) is 5.69 Å². The minimum absolute atomic E-state index is 0.277. The van der Waals surface area contributed by atoms with Crippen LogP contribution in [0, 0.1) is 11.3 Å². The number of fused-ring (bicyclic) bond motifs is 4. The number of pyridine rings is 1. The maximum Gasteiger partial charge on any atom is 0.162 e. The fraction of sp³-hybridized carbons (Fsp3) is 0.250. The highest BCUT2D eigenvalue weighted by Gasteiger charge is 2.23. The van der Waals surface area contributed by atoms with E-state index in [9.17, 15) is 0 Å². The average Bonchev–Trinajstić information content (AvgIpc) is 3.29. The van der Waals surface area contributed by atoms with E-state index in [2.05, 4.69) is 30.7 Å². The summed E-state index contributed by atoms with van der Waals surface area (Å²) in [5, 5.41) is 14.5. The second-order valence-corrected chi connectivity index (χ2v) is 5.89. The molecule has 0 spiro atoms. The minimum atomic E-state index is 0.277. The zero-order valence-corrected chi connectivity index (χ0v) is 12.3. The topological polar surface area (TPSA) is 88.1 Å². The molecule has 0 fully saturated rings. The summed E-state index contributed by atoms with van der Waals surface area (Å²) in [7, 11) is 0. The molecule has 0 saturated carbocycles. The van der Waals surface area contributed by atoms with Crippen LogP contribution in [0.4, 0.5) is 0 Å². The van der Waals surface area contributed by atoms with Crippen molar-refractivity contribution in [2.24, 2.45) is 0 Å². The molecule has 0 aliphatic carbocycles. The molecular formula is C16H13N7. The molecule has 7 nitrogen and oxygen atoms in total. The number of nitrogens with one attached hydrogen (secondary N) is 1. The molecule has 1 N–H and O–H groups in total. The summed E-state index contributed by atoms with van der Waals surface area (Å²) in [6, 6.07) is 6.32. The average molecular weight is 303 g/mol. The van der Waals surface area contributed by atoms with Crippen molar-refractivity contribution < 1.29 is 0 Å². The molecule has 0 amide bonds. The maximum absolute atomic E-state index is 9.02. The van der Waals surface area contributed by atoms with Crippen molar-refractivity contribution in [1.29, 1.82) is 5.26 Å². The van der Waals surface area contributed by atoms with Gasteiger partial charge < -0.3 is 9.55 Å². The van der Waals surface area contributed by atoms with Crippen LogP contribution in [-0.4, -0.2) is 29.3 Å². The second-order valence-electron chi connectivity index (χ2n) is 5.89. The molecule has 112 valence electrons. The first-order valence-corrected chi connectivity index (χ1v) is 7.59. The van der Waals surface area contributed by atoms with Gasteiger partial charge >= 0.3 is 0 Å². The lowest BCUT2D eigenvalue weighted by molar-refractivity contribution is 0.348. The normalized spacial score (nSPS) is 17.4. The first kappa shape index (κ1) is 12.4. The van der Waals surface area contributed by atoms with E-state index in [0.717, 1.165) is 47.1 Å². The largest absolute Gasteiger partial charge is 0.346 e. The lowest BCUT2D eigenvalue weighted by atomic mass is 10.0. The van der Waals surface area contributed by atoms with Crippen LogP contribution in [0.1, 0.15) is 23.9 Å². The second kappa shape index (κ2) is 4.43. The molecule has 1 aliphatic heterocycles. The molecule has 0 radical (unpaired) electrons. The first-order valence-electron chi connectivity index (χ1n) is 7.59. The van der Waals surface area contributed by atoms with Crippen LogP contribution < -0.4 is 0 Å². The number of hydrogen-bond acceptors (Lipinski definition) is 4. The molecule has 0 bridgehead atoms. The van der Waals surface area contributed by atoms with Gasteiger partial charge in [-0.3, -0.25) is 4.68 Å². The molecule has 5 rings (SSSR count). The summed E-state index contributed by atoms with van der Waals surface area (Å²) in [6.07, 6.45) is 7.53.